The molecule has 0 radical (unpaired) electrons. The minimum Gasteiger partial charge on any atom is -0.328 e. The van der Waals surface area contributed by atoms with Crippen molar-refractivity contribution in [2.75, 3.05) is 0 Å². The number of carbonyl (C=O) groups is 1. The third kappa shape index (κ3) is 3.39. The van der Waals surface area contributed by atoms with Crippen molar-refractivity contribution < 1.29 is 4.79 Å². The molecule has 1 unspecified atom stereocenters. The van der Waals surface area contributed by atoms with E-state index in [1.54, 1.807) is 18.5 Å². The van der Waals surface area contributed by atoms with Crippen molar-refractivity contribution in [2.45, 2.75) is 33.0 Å². The first-order valence-corrected chi connectivity index (χ1v) is 9.97. The number of hydrogen-bond acceptors (Lipinski definition) is 4. The Kier molecular flexibility index (Phi) is 5.20. The van der Waals surface area contributed by atoms with Gasteiger partial charge in [0.15, 0.2) is 0 Å². The molecule has 0 N–H and O–H groups in total. The Bertz CT molecular complexity index is 1140. The molecule has 6 heteroatoms. The fraction of sp³-hybridized carbons (Fsp3) is 0.250. The molecular weight excluding hydrogens is 374 g/mol. The topological polar surface area (TPSA) is 74.8 Å². The van der Waals surface area contributed by atoms with Gasteiger partial charge in [-0.2, -0.15) is 10.4 Å². The number of aromatic nitrogens is 3. The van der Waals surface area contributed by atoms with Crippen molar-refractivity contribution in [2.24, 2.45) is 5.92 Å². The van der Waals surface area contributed by atoms with Gasteiger partial charge < -0.3 is 4.90 Å². The van der Waals surface area contributed by atoms with Crippen LogP contribution in [-0.4, -0.2) is 31.6 Å². The number of rotatable bonds is 4. The third-order valence-corrected chi connectivity index (χ3v) is 5.60. The molecule has 0 saturated carbocycles. The Morgan fingerprint density at radius 1 is 1.27 bits per heavy atom. The van der Waals surface area contributed by atoms with Gasteiger partial charge in [-0.15, -0.1) is 0 Å². The summed E-state index contributed by atoms with van der Waals surface area (Å²) in [5.74, 6) is 0.204. The van der Waals surface area contributed by atoms with Crippen LogP contribution in [-0.2, 0) is 17.9 Å². The van der Waals surface area contributed by atoms with Crippen molar-refractivity contribution in [3.63, 3.8) is 0 Å². The molecule has 6 nitrogen and oxygen atoms in total. The van der Waals surface area contributed by atoms with Gasteiger partial charge in [0.05, 0.1) is 36.5 Å². The van der Waals surface area contributed by atoms with Gasteiger partial charge in [0.1, 0.15) is 5.69 Å². The lowest BCUT2D eigenvalue weighted by Crippen LogP contribution is -2.48. The molecule has 1 aliphatic heterocycles. The quantitative estimate of drug-likeness (QED) is 0.623. The minimum atomic E-state index is -0.0742. The van der Waals surface area contributed by atoms with Crippen molar-refractivity contribution >= 4 is 5.91 Å². The van der Waals surface area contributed by atoms with E-state index in [-0.39, 0.29) is 17.9 Å². The van der Waals surface area contributed by atoms with E-state index in [9.17, 15) is 10.1 Å². The highest BCUT2D eigenvalue weighted by atomic mass is 16.2. The summed E-state index contributed by atoms with van der Waals surface area (Å²) >= 11 is 0. The average Bonchev–Trinajstić information content (AvgIpc) is 3.16. The summed E-state index contributed by atoms with van der Waals surface area (Å²) in [6.07, 6.45) is 4.88. The van der Waals surface area contributed by atoms with Crippen LogP contribution in [0, 0.1) is 17.2 Å². The second kappa shape index (κ2) is 7.96. The van der Waals surface area contributed by atoms with Gasteiger partial charge in [-0.05, 0) is 41.8 Å². The number of carbonyl (C=O) groups excluding carboxylic acids is 1. The van der Waals surface area contributed by atoms with Crippen LogP contribution in [0.25, 0.3) is 22.4 Å². The molecular formula is C24H23N5O. The molecule has 1 aromatic carbocycles. The third-order valence-electron chi connectivity index (χ3n) is 5.60. The zero-order valence-corrected chi connectivity index (χ0v) is 17.1. The molecule has 0 saturated heterocycles. The van der Waals surface area contributed by atoms with E-state index in [1.807, 2.05) is 39.9 Å². The second-order valence-corrected chi connectivity index (χ2v) is 7.76. The van der Waals surface area contributed by atoms with Crippen LogP contribution in [0.5, 0.6) is 0 Å². The van der Waals surface area contributed by atoms with Crippen LogP contribution in [0.2, 0.25) is 0 Å². The average molecular weight is 397 g/mol. The maximum atomic E-state index is 12.6. The first-order chi connectivity index (χ1) is 14.5. The number of fused-ring (bicyclic) bond motifs is 1. The maximum absolute atomic E-state index is 12.6. The van der Waals surface area contributed by atoms with Crippen LogP contribution in [0.1, 0.15) is 25.1 Å². The van der Waals surface area contributed by atoms with Crippen molar-refractivity contribution in [1.82, 2.24) is 19.7 Å². The Balaban J connectivity index is 1.93. The van der Waals surface area contributed by atoms with Gasteiger partial charge in [0, 0.05) is 23.5 Å². The van der Waals surface area contributed by atoms with Crippen molar-refractivity contribution in [3.8, 4) is 28.5 Å². The summed E-state index contributed by atoms with van der Waals surface area (Å²) in [7, 11) is 0. The normalized spacial score (nSPS) is 15.5. The zero-order chi connectivity index (χ0) is 21.3. The summed E-state index contributed by atoms with van der Waals surface area (Å²) in [5, 5.41) is 14.3. The van der Waals surface area contributed by atoms with Gasteiger partial charge >= 0.3 is 0 Å². The van der Waals surface area contributed by atoms with Gasteiger partial charge in [-0.1, -0.05) is 32.6 Å². The number of benzene rings is 1. The first kappa shape index (κ1) is 19.6. The van der Waals surface area contributed by atoms with Crippen LogP contribution in [0.15, 0.2) is 61.4 Å². The molecule has 0 bridgehead atoms. The zero-order valence-electron chi connectivity index (χ0n) is 17.1. The van der Waals surface area contributed by atoms with E-state index in [4.69, 9.17) is 5.10 Å². The fourth-order valence-electron chi connectivity index (χ4n) is 4.05. The summed E-state index contributed by atoms with van der Waals surface area (Å²) in [4.78, 5) is 18.7. The summed E-state index contributed by atoms with van der Waals surface area (Å²) in [5.41, 5.74) is 5.21. The Morgan fingerprint density at radius 3 is 2.70 bits per heavy atom. The van der Waals surface area contributed by atoms with Gasteiger partial charge in [-0.25, -0.2) is 0 Å². The molecule has 0 aliphatic carbocycles. The summed E-state index contributed by atoms with van der Waals surface area (Å²) in [6.45, 7) is 8.98. The van der Waals surface area contributed by atoms with Crippen molar-refractivity contribution in [1.29, 1.82) is 5.26 Å². The number of nitriles is 1. The molecule has 3 heterocycles. The smallest absolute Gasteiger partial charge is 0.246 e. The van der Waals surface area contributed by atoms with Gasteiger partial charge in [0.25, 0.3) is 0 Å². The van der Waals surface area contributed by atoms with E-state index in [2.05, 4.69) is 31.5 Å². The molecule has 0 spiro atoms. The molecule has 4 rings (SSSR count). The van der Waals surface area contributed by atoms with Crippen molar-refractivity contribution in [3.05, 3.63) is 72.7 Å². The number of pyridine rings is 1. The van der Waals surface area contributed by atoms with Crippen LogP contribution < -0.4 is 0 Å². The molecule has 0 fully saturated rings. The minimum absolute atomic E-state index is 0.0338. The molecule has 150 valence electrons. The molecule has 2 aromatic heterocycles. The Labute approximate surface area is 176 Å². The predicted octanol–water partition coefficient (Wildman–Crippen LogP) is 4.04. The highest BCUT2D eigenvalue weighted by molar-refractivity contribution is 5.88. The van der Waals surface area contributed by atoms with Crippen LogP contribution in [0.3, 0.4) is 0 Å². The first-order valence-electron chi connectivity index (χ1n) is 9.97. The van der Waals surface area contributed by atoms with E-state index in [0.717, 1.165) is 28.1 Å². The monoisotopic (exact) mass is 397 g/mol. The number of nitrogens with zero attached hydrogens (tertiary/aromatic N) is 5. The van der Waals surface area contributed by atoms with E-state index < -0.39 is 0 Å². The lowest BCUT2D eigenvalue weighted by Gasteiger charge is -2.38. The highest BCUT2D eigenvalue weighted by Crippen LogP contribution is 2.38. The lowest BCUT2D eigenvalue weighted by atomic mass is 9.95. The van der Waals surface area contributed by atoms with E-state index in [0.29, 0.717) is 18.7 Å². The molecule has 1 atom stereocenters. The molecule has 3 aromatic rings. The molecule has 1 aliphatic rings. The number of hydrogen-bond donors (Lipinski definition) is 0. The number of amides is 1. The lowest BCUT2D eigenvalue weighted by molar-refractivity contribution is -0.131. The Morgan fingerprint density at radius 2 is 2.03 bits per heavy atom. The SMILES string of the molecule is C=CC(=O)N1Cc2c(-c3ccncc3)c(-c3cccc(C#N)c3)nn2CC1C(C)C. The van der Waals surface area contributed by atoms with Gasteiger partial charge in [-0.3, -0.25) is 14.5 Å². The summed E-state index contributed by atoms with van der Waals surface area (Å²) in [6, 6.07) is 13.6. The largest absolute Gasteiger partial charge is 0.328 e. The van der Waals surface area contributed by atoms with E-state index in [1.165, 1.54) is 6.08 Å². The Hall–Kier alpha value is -3.72. The van der Waals surface area contributed by atoms with Crippen LogP contribution in [0.4, 0.5) is 0 Å². The molecule has 1 amide bonds. The molecule has 30 heavy (non-hydrogen) atoms. The highest BCUT2D eigenvalue weighted by Gasteiger charge is 2.34. The fourth-order valence-corrected chi connectivity index (χ4v) is 4.05. The summed E-state index contributed by atoms with van der Waals surface area (Å²) < 4.78 is 2.02. The van der Waals surface area contributed by atoms with Crippen LogP contribution >= 0.6 is 0 Å². The predicted molar refractivity (Wildman–Crippen MR) is 115 cm³/mol. The van der Waals surface area contributed by atoms with Gasteiger partial charge in [0.2, 0.25) is 5.91 Å². The maximum Gasteiger partial charge on any atom is 0.246 e. The second-order valence-electron chi connectivity index (χ2n) is 7.76. The van der Waals surface area contributed by atoms with E-state index >= 15 is 0 Å². The standard InChI is InChI=1S/C24H23N5O/c1-4-22(30)28-14-21-23(18-8-10-26-11-9-18)24(19-7-5-6-17(12-19)13-25)27-29(21)15-20(28)16(2)3/h4-12,16,20H,1,14-15H2,2-3H3.